The molecule has 1 aliphatic rings. The average molecular weight is 186 g/mol. The minimum atomic E-state index is -0.554. The number of carbonyl (C=O) groups excluding carboxylic acids is 1. The number of carbonyl (C=O) groups is 1. The van der Waals surface area contributed by atoms with Gasteiger partial charge >= 0.3 is 5.97 Å². The number of esters is 1. The fraction of sp³-hybridized carbons (Fsp3) is 0.750. The highest BCUT2D eigenvalue weighted by molar-refractivity contribution is 5.85. The lowest BCUT2D eigenvalue weighted by Gasteiger charge is -2.09. The Morgan fingerprint density at radius 3 is 3.23 bits per heavy atom. The van der Waals surface area contributed by atoms with E-state index in [2.05, 4.69) is 4.99 Å². The van der Waals surface area contributed by atoms with Crippen LogP contribution in [0, 0.1) is 0 Å². The lowest BCUT2D eigenvalue weighted by Crippen LogP contribution is -2.27. The molecule has 0 unspecified atom stereocenters. The third kappa shape index (κ3) is 2.69. The fourth-order valence-corrected chi connectivity index (χ4v) is 1.04. The van der Waals surface area contributed by atoms with Gasteiger partial charge < -0.3 is 15.2 Å². The zero-order valence-electron chi connectivity index (χ0n) is 7.66. The van der Waals surface area contributed by atoms with E-state index in [-0.39, 0.29) is 5.97 Å². The molecule has 0 saturated carbocycles. The first-order valence-corrected chi connectivity index (χ1v) is 4.34. The first-order valence-electron chi connectivity index (χ1n) is 4.34. The van der Waals surface area contributed by atoms with Crippen molar-refractivity contribution in [2.45, 2.75) is 19.4 Å². The fourth-order valence-electron chi connectivity index (χ4n) is 1.04. The van der Waals surface area contributed by atoms with E-state index in [1.54, 1.807) is 6.92 Å². The number of aliphatic imine (C=N–C) groups is 1. The van der Waals surface area contributed by atoms with Crippen LogP contribution in [0.3, 0.4) is 0 Å². The highest BCUT2D eigenvalue weighted by Crippen LogP contribution is 2.08. The molecule has 5 heteroatoms. The summed E-state index contributed by atoms with van der Waals surface area (Å²) in [7, 11) is 0. The second-order valence-electron chi connectivity index (χ2n) is 2.63. The summed E-state index contributed by atoms with van der Waals surface area (Å²) in [6, 6.07) is 0. The van der Waals surface area contributed by atoms with Crippen molar-refractivity contribution in [3.05, 3.63) is 0 Å². The molecule has 2 N–H and O–H groups in total. The van der Waals surface area contributed by atoms with Gasteiger partial charge in [-0.15, -0.1) is 0 Å². The SMILES string of the molecule is CCOC(=O)[C@@H]1CN=C(CCN)O1. The largest absolute Gasteiger partial charge is 0.464 e. The Bertz CT molecular complexity index is 215. The van der Waals surface area contributed by atoms with Crippen LogP contribution in [-0.2, 0) is 14.3 Å². The van der Waals surface area contributed by atoms with Crippen molar-refractivity contribution in [3.8, 4) is 0 Å². The number of nitrogens with two attached hydrogens (primary N) is 1. The van der Waals surface area contributed by atoms with Crippen molar-refractivity contribution in [1.82, 2.24) is 0 Å². The van der Waals surface area contributed by atoms with Crippen molar-refractivity contribution < 1.29 is 14.3 Å². The third-order valence-electron chi connectivity index (χ3n) is 1.62. The summed E-state index contributed by atoms with van der Waals surface area (Å²) in [4.78, 5) is 15.2. The minimum absolute atomic E-state index is 0.349. The maximum absolute atomic E-state index is 11.1. The predicted octanol–water partition coefficient (Wildman–Crippen LogP) is -0.304. The van der Waals surface area contributed by atoms with Gasteiger partial charge in [0, 0.05) is 13.0 Å². The molecule has 0 aliphatic carbocycles. The zero-order valence-corrected chi connectivity index (χ0v) is 7.66. The summed E-state index contributed by atoms with van der Waals surface area (Å²) in [5.74, 6) is 0.207. The molecule has 0 amide bonds. The van der Waals surface area contributed by atoms with Crippen LogP contribution in [0.1, 0.15) is 13.3 Å². The Balaban J connectivity index is 2.32. The summed E-state index contributed by atoms with van der Waals surface area (Å²) in [6.07, 6.45) is 0.0251. The van der Waals surface area contributed by atoms with Crippen LogP contribution in [-0.4, -0.2) is 37.7 Å². The molecule has 74 valence electrons. The van der Waals surface area contributed by atoms with Gasteiger partial charge in [0.15, 0.2) is 5.90 Å². The molecule has 0 aromatic rings. The van der Waals surface area contributed by atoms with Crippen LogP contribution < -0.4 is 5.73 Å². The molecule has 1 aliphatic heterocycles. The van der Waals surface area contributed by atoms with Gasteiger partial charge in [0.25, 0.3) is 0 Å². The first-order chi connectivity index (χ1) is 6.27. The number of rotatable bonds is 4. The lowest BCUT2D eigenvalue weighted by molar-refractivity contribution is -0.150. The number of nitrogens with zero attached hydrogens (tertiary/aromatic N) is 1. The lowest BCUT2D eigenvalue weighted by atomic mass is 10.4. The summed E-state index contributed by atoms with van der Waals surface area (Å²) in [5.41, 5.74) is 5.31. The molecule has 0 aromatic heterocycles. The molecule has 5 nitrogen and oxygen atoms in total. The van der Waals surface area contributed by atoms with Crippen LogP contribution in [0.25, 0.3) is 0 Å². The molecular weight excluding hydrogens is 172 g/mol. The van der Waals surface area contributed by atoms with E-state index < -0.39 is 6.10 Å². The van der Waals surface area contributed by atoms with Gasteiger partial charge in [-0.25, -0.2) is 4.79 Å². The van der Waals surface area contributed by atoms with Crippen molar-refractivity contribution in [2.75, 3.05) is 19.7 Å². The predicted molar refractivity (Wildman–Crippen MR) is 47.5 cm³/mol. The quantitative estimate of drug-likeness (QED) is 0.611. The van der Waals surface area contributed by atoms with E-state index in [4.69, 9.17) is 15.2 Å². The van der Waals surface area contributed by atoms with Crippen LogP contribution in [0.5, 0.6) is 0 Å². The molecule has 0 bridgehead atoms. The van der Waals surface area contributed by atoms with Crippen LogP contribution in [0.2, 0.25) is 0 Å². The molecule has 13 heavy (non-hydrogen) atoms. The first kappa shape index (κ1) is 9.98. The van der Waals surface area contributed by atoms with Gasteiger partial charge in [-0.3, -0.25) is 4.99 Å². The second kappa shape index (κ2) is 4.81. The van der Waals surface area contributed by atoms with Gasteiger partial charge in [-0.1, -0.05) is 0 Å². The van der Waals surface area contributed by atoms with E-state index in [1.165, 1.54) is 0 Å². The molecule has 0 radical (unpaired) electrons. The summed E-state index contributed by atoms with van der Waals surface area (Å²) < 4.78 is 10.00. The number of hydrogen-bond donors (Lipinski definition) is 1. The highest BCUT2D eigenvalue weighted by atomic mass is 16.6. The van der Waals surface area contributed by atoms with Crippen LogP contribution in [0.4, 0.5) is 0 Å². The Kier molecular flexibility index (Phi) is 3.70. The molecule has 1 atom stereocenters. The van der Waals surface area contributed by atoms with Gasteiger partial charge in [0.2, 0.25) is 6.10 Å². The zero-order chi connectivity index (χ0) is 9.68. The molecule has 0 saturated heterocycles. The Labute approximate surface area is 76.9 Å². The minimum Gasteiger partial charge on any atom is -0.464 e. The number of ether oxygens (including phenoxy) is 2. The van der Waals surface area contributed by atoms with Crippen molar-refractivity contribution in [3.63, 3.8) is 0 Å². The average Bonchev–Trinajstić information content (AvgIpc) is 2.54. The second-order valence-corrected chi connectivity index (χ2v) is 2.63. The monoisotopic (exact) mass is 186 g/mol. The van der Waals surface area contributed by atoms with E-state index in [9.17, 15) is 4.79 Å². The van der Waals surface area contributed by atoms with Gasteiger partial charge in [-0.2, -0.15) is 0 Å². The summed E-state index contributed by atoms with van der Waals surface area (Å²) >= 11 is 0. The topological polar surface area (TPSA) is 73.9 Å². The normalized spacial score (nSPS) is 20.8. The maximum atomic E-state index is 11.1. The molecule has 1 rings (SSSR count). The molecule has 1 heterocycles. The van der Waals surface area contributed by atoms with E-state index >= 15 is 0 Å². The highest BCUT2D eigenvalue weighted by Gasteiger charge is 2.27. The van der Waals surface area contributed by atoms with Gasteiger partial charge in [0.05, 0.1) is 13.2 Å². The third-order valence-corrected chi connectivity index (χ3v) is 1.62. The Morgan fingerprint density at radius 1 is 1.85 bits per heavy atom. The van der Waals surface area contributed by atoms with Crippen molar-refractivity contribution >= 4 is 11.9 Å². The molecule has 0 spiro atoms. The maximum Gasteiger partial charge on any atom is 0.349 e. The molecular formula is C8H14N2O3. The molecule has 0 fully saturated rings. The molecule has 0 aromatic carbocycles. The summed E-state index contributed by atoms with van der Waals surface area (Å²) in [5, 5.41) is 0. The van der Waals surface area contributed by atoms with Crippen molar-refractivity contribution in [2.24, 2.45) is 10.7 Å². The van der Waals surface area contributed by atoms with E-state index in [0.29, 0.717) is 32.0 Å². The Morgan fingerprint density at radius 2 is 2.62 bits per heavy atom. The van der Waals surface area contributed by atoms with Crippen LogP contribution in [0.15, 0.2) is 4.99 Å². The van der Waals surface area contributed by atoms with E-state index in [1.807, 2.05) is 0 Å². The Hall–Kier alpha value is -1.10. The van der Waals surface area contributed by atoms with Gasteiger partial charge in [0.1, 0.15) is 0 Å². The standard InChI is InChI=1S/C8H14N2O3/c1-2-12-8(11)6-5-10-7(13-6)3-4-9/h6H,2-5,9H2,1H3/t6-/m0/s1. The van der Waals surface area contributed by atoms with E-state index in [0.717, 1.165) is 0 Å². The number of hydrogen-bond acceptors (Lipinski definition) is 5. The van der Waals surface area contributed by atoms with Crippen LogP contribution >= 0.6 is 0 Å². The summed E-state index contributed by atoms with van der Waals surface area (Å²) in [6.45, 7) is 2.96. The smallest absolute Gasteiger partial charge is 0.349 e. The van der Waals surface area contributed by atoms with Gasteiger partial charge in [-0.05, 0) is 6.92 Å². The van der Waals surface area contributed by atoms with Crippen molar-refractivity contribution in [1.29, 1.82) is 0 Å².